The molecule has 0 amide bonds. The summed E-state index contributed by atoms with van der Waals surface area (Å²) in [5.41, 5.74) is 7.96. The number of fused-ring (bicyclic) bond motifs is 2. The molecule has 150 valence electrons. The number of nitrogens with two attached hydrogens (primary N) is 1. The van der Waals surface area contributed by atoms with Crippen LogP contribution in [0, 0.1) is 0 Å². The van der Waals surface area contributed by atoms with Crippen molar-refractivity contribution in [3.05, 3.63) is 42.0 Å². The summed E-state index contributed by atoms with van der Waals surface area (Å²) in [4.78, 5) is 6.27. The maximum atomic E-state index is 12.0. The van der Waals surface area contributed by atoms with Crippen molar-refractivity contribution < 1.29 is 12.6 Å². The van der Waals surface area contributed by atoms with E-state index in [4.69, 9.17) is 22.1 Å². The highest BCUT2D eigenvalue weighted by atomic mass is 32.2. The van der Waals surface area contributed by atoms with Crippen molar-refractivity contribution in [3.8, 4) is 5.75 Å². The van der Waals surface area contributed by atoms with Gasteiger partial charge < -0.3 is 19.7 Å². The monoisotopic (exact) mass is 437 g/mol. The quantitative estimate of drug-likeness (QED) is 0.545. The molecule has 0 bridgehead atoms. The predicted molar refractivity (Wildman–Crippen MR) is 119 cm³/mol. The van der Waals surface area contributed by atoms with E-state index in [1.807, 2.05) is 38.4 Å². The Kier molecular flexibility index (Phi) is 5.90. The lowest BCUT2D eigenvalue weighted by Gasteiger charge is -2.39. The molecule has 0 saturated heterocycles. The summed E-state index contributed by atoms with van der Waals surface area (Å²) < 4.78 is 29.5. The normalized spacial score (nSPS) is 14.4. The predicted octanol–water partition coefficient (Wildman–Crippen LogP) is 3.21. The Labute approximate surface area is 175 Å². The molecule has 0 spiro atoms. The van der Waals surface area contributed by atoms with E-state index < -0.39 is 10.1 Å². The molecule has 1 heterocycles. The van der Waals surface area contributed by atoms with Gasteiger partial charge in [-0.25, -0.2) is 0 Å². The van der Waals surface area contributed by atoms with Crippen LogP contribution in [0.15, 0.2) is 46.2 Å². The lowest BCUT2D eigenvalue weighted by molar-refractivity contribution is 0.379. The average Bonchev–Trinajstić information content (AvgIpc) is 2.57. The first kappa shape index (κ1) is 20.9. The zero-order chi connectivity index (χ0) is 20.6. The van der Waals surface area contributed by atoms with Gasteiger partial charge in [0.2, 0.25) is 0 Å². The highest BCUT2D eigenvalue weighted by Gasteiger charge is 2.33. The summed E-state index contributed by atoms with van der Waals surface area (Å²) in [5, 5.41) is 0. The molecule has 0 aliphatic carbocycles. The minimum absolute atomic E-state index is 0.0410. The summed E-state index contributed by atoms with van der Waals surface area (Å²) in [6, 6.07) is 11.7. The van der Waals surface area contributed by atoms with E-state index in [1.54, 1.807) is 17.8 Å². The Bertz CT molecular complexity index is 1020. The largest absolute Gasteiger partial charge is 0.389 e. The van der Waals surface area contributed by atoms with Crippen LogP contribution in [0.5, 0.6) is 5.75 Å². The minimum atomic E-state index is -3.78. The summed E-state index contributed by atoms with van der Waals surface area (Å²) in [5.74, 6) is 0.181. The lowest BCUT2D eigenvalue weighted by atomic mass is 10.1. The number of thiocarbonyl (C=S) groups is 1. The molecule has 2 aromatic rings. The average molecular weight is 438 g/mol. The third-order valence-electron chi connectivity index (χ3n) is 4.25. The van der Waals surface area contributed by atoms with Gasteiger partial charge in [-0.05, 0) is 45.3 Å². The maximum Gasteiger partial charge on any atom is 0.306 e. The van der Waals surface area contributed by atoms with Crippen LogP contribution in [0.4, 0.5) is 11.4 Å². The van der Waals surface area contributed by atoms with Crippen molar-refractivity contribution in [2.45, 2.75) is 22.8 Å². The van der Waals surface area contributed by atoms with Crippen LogP contribution in [0.3, 0.4) is 0 Å². The van der Waals surface area contributed by atoms with Crippen LogP contribution >= 0.6 is 24.0 Å². The zero-order valence-electron chi connectivity index (χ0n) is 16.2. The fourth-order valence-electron chi connectivity index (χ4n) is 3.34. The van der Waals surface area contributed by atoms with Gasteiger partial charge in [-0.1, -0.05) is 36.1 Å². The van der Waals surface area contributed by atoms with Gasteiger partial charge in [-0.3, -0.25) is 0 Å². The Balaban J connectivity index is 2.29. The first-order valence-corrected chi connectivity index (χ1v) is 11.7. The first-order chi connectivity index (χ1) is 13.1. The fourth-order valence-corrected chi connectivity index (χ4v) is 5.05. The number of anilines is 2. The SMILES string of the molecule is C[C@@H](CN(C)C)N1c2ccccc2Sc2ccc(C(N)=S)c(OS(C)(=O)=O)c21. The summed E-state index contributed by atoms with van der Waals surface area (Å²) in [6.07, 6.45) is 1.02. The van der Waals surface area contributed by atoms with Gasteiger partial charge >= 0.3 is 10.1 Å². The first-order valence-electron chi connectivity index (χ1n) is 8.65. The van der Waals surface area contributed by atoms with E-state index >= 15 is 0 Å². The number of benzene rings is 2. The van der Waals surface area contributed by atoms with Crippen LogP contribution < -0.4 is 14.8 Å². The Morgan fingerprint density at radius 3 is 2.54 bits per heavy atom. The van der Waals surface area contributed by atoms with E-state index in [1.165, 1.54) is 0 Å². The van der Waals surface area contributed by atoms with Crippen LogP contribution in [0.25, 0.3) is 0 Å². The van der Waals surface area contributed by atoms with Crippen molar-refractivity contribution in [1.82, 2.24) is 4.90 Å². The van der Waals surface area contributed by atoms with E-state index in [0.717, 1.165) is 28.3 Å². The highest BCUT2D eigenvalue weighted by molar-refractivity contribution is 7.99. The number of rotatable bonds is 6. The fraction of sp³-hybridized carbons (Fsp3) is 0.316. The molecule has 2 aromatic carbocycles. The Morgan fingerprint density at radius 1 is 1.25 bits per heavy atom. The smallest absolute Gasteiger partial charge is 0.306 e. The third-order valence-corrected chi connectivity index (χ3v) is 6.05. The molecule has 3 rings (SSSR count). The highest BCUT2D eigenvalue weighted by Crippen LogP contribution is 2.53. The molecule has 9 heteroatoms. The molecular formula is C19H23N3O3S3. The zero-order valence-corrected chi connectivity index (χ0v) is 18.6. The van der Waals surface area contributed by atoms with Crippen molar-refractivity contribution in [2.75, 3.05) is 31.8 Å². The standard InChI is InChI=1S/C19H23N3O3S3/c1-12(11-21(2)3)22-14-7-5-6-8-15(14)27-16-10-9-13(19(20)26)18(17(16)22)25-28(4,23)24/h5-10,12H,11H2,1-4H3,(H2,20,26)/t12-/m0/s1. The molecule has 28 heavy (non-hydrogen) atoms. The molecule has 0 radical (unpaired) electrons. The number of para-hydroxylation sites is 1. The second-order valence-electron chi connectivity index (χ2n) is 6.99. The Hall–Kier alpha value is -1.81. The van der Waals surface area contributed by atoms with Gasteiger partial charge in [0.25, 0.3) is 0 Å². The minimum Gasteiger partial charge on any atom is -0.389 e. The maximum absolute atomic E-state index is 12.0. The van der Waals surface area contributed by atoms with Crippen molar-refractivity contribution in [1.29, 1.82) is 0 Å². The molecule has 0 fully saturated rings. The molecule has 1 aliphatic heterocycles. The number of hydrogen-bond acceptors (Lipinski definition) is 7. The van der Waals surface area contributed by atoms with Crippen LogP contribution in [0.1, 0.15) is 12.5 Å². The lowest BCUT2D eigenvalue weighted by Crippen LogP contribution is -2.39. The molecular weight excluding hydrogens is 414 g/mol. The molecule has 2 N–H and O–H groups in total. The third kappa shape index (κ3) is 4.27. The van der Waals surface area contributed by atoms with E-state index in [0.29, 0.717) is 11.3 Å². The summed E-state index contributed by atoms with van der Waals surface area (Å²) in [7, 11) is 0.225. The number of hydrogen-bond donors (Lipinski definition) is 1. The molecule has 6 nitrogen and oxygen atoms in total. The molecule has 1 atom stereocenters. The second-order valence-corrected chi connectivity index (χ2v) is 10.1. The number of likely N-dealkylation sites (N-methyl/N-ethyl adjacent to an activating group) is 1. The van der Waals surface area contributed by atoms with Gasteiger partial charge in [0.05, 0.1) is 17.5 Å². The molecule has 0 unspecified atom stereocenters. The van der Waals surface area contributed by atoms with Gasteiger partial charge in [0, 0.05) is 22.4 Å². The molecule has 1 aliphatic rings. The van der Waals surface area contributed by atoms with Gasteiger partial charge in [-0.2, -0.15) is 8.42 Å². The van der Waals surface area contributed by atoms with Gasteiger partial charge in [0.15, 0.2) is 5.75 Å². The van der Waals surface area contributed by atoms with Gasteiger partial charge in [0.1, 0.15) is 10.7 Å². The molecule has 0 saturated carbocycles. The second kappa shape index (κ2) is 7.90. The van der Waals surface area contributed by atoms with E-state index in [9.17, 15) is 8.42 Å². The number of nitrogens with zero attached hydrogens (tertiary/aromatic N) is 2. The van der Waals surface area contributed by atoms with Crippen molar-refractivity contribution in [2.24, 2.45) is 5.73 Å². The van der Waals surface area contributed by atoms with Crippen LogP contribution in [-0.4, -0.2) is 51.2 Å². The Morgan fingerprint density at radius 2 is 1.93 bits per heavy atom. The van der Waals surface area contributed by atoms with Crippen LogP contribution in [0.2, 0.25) is 0 Å². The van der Waals surface area contributed by atoms with E-state index in [-0.39, 0.29) is 16.8 Å². The van der Waals surface area contributed by atoms with E-state index in [2.05, 4.69) is 22.8 Å². The summed E-state index contributed by atoms with van der Waals surface area (Å²) in [6.45, 7) is 2.85. The van der Waals surface area contributed by atoms with Gasteiger partial charge in [-0.15, -0.1) is 0 Å². The molecule has 0 aromatic heterocycles. The summed E-state index contributed by atoms with van der Waals surface area (Å²) >= 11 is 6.73. The van der Waals surface area contributed by atoms with Crippen molar-refractivity contribution >= 4 is 50.5 Å². The van der Waals surface area contributed by atoms with Crippen LogP contribution in [-0.2, 0) is 10.1 Å². The van der Waals surface area contributed by atoms with Crippen molar-refractivity contribution in [3.63, 3.8) is 0 Å². The topological polar surface area (TPSA) is 75.9 Å².